The summed E-state index contributed by atoms with van der Waals surface area (Å²) in [6, 6.07) is 10.0. The Bertz CT molecular complexity index is 736. The van der Waals surface area contributed by atoms with Gasteiger partial charge in [0.1, 0.15) is 6.17 Å². The van der Waals surface area contributed by atoms with Crippen molar-refractivity contribution in [3.8, 4) is 0 Å². The molecule has 1 aliphatic heterocycles. The van der Waals surface area contributed by atoms with Gasteiger partial charge in [-0.05, 0) is 42.8 Å². The van der Waals surface area contributed by atoms with Gasteiger partial charge in [0.05, 0.1) is 0 Å². The zero-order valence-electron chi connectivity index (χ0n) is 13.1. The second kappa shape index (κ2) is 6.88. The molecule has 24 heavy (non-hydrogen) atoms. The fourth-order valence-corrected chi connectivity index (χ4v) is 2.84. The zero-order chi connectivity index (χ0) is 17.1. The van der Waals surface area contributed by atoms with E-state index in [1.807, 2.05) is 6.92 Å². The van der Waals surface area contributed by atoms with Crippen molar-refractivity contribution in [1.29, 1.82) is 0 Å². The second-order valence-electron chi connectivity index (χ2n) is 5.67. The zero-order valence-corrected chi connectivity index (χ0v) is 13.8. The number of urea groups is 1. The summed E-state index contributed by atoms with van der Waals surface area (Å²) in [4.78, 5) is 30.2. The van der Waals surface area contributed by atoms with Gasteiger partial charge >= 0.3 is 6.03 Å². The number of anilines is 2. The molecule has 2 N–H and O–H groups in total. The van der Waals surface area contributed by atoms with Crippen LogP contribution in [0, 0.1) is 5.92 Å². The number of aromatic nitrogens is 1. The molecule has 1 aromatic carbocycles. The molecule has 2 heterocycles. The Morgan fingerprint density at radius 1 is 1.21 bits per heavy atom. The van der Waals surface area contributed by atoms with Crippen LogP contribution in [0.2, 0.25) is 5.02 Å². The molecular weight excluding hydrogens is 328 g/mol. The Morgan fingerprint density at radius 3 is 2.54 bits per heavy atom. The van der Waals surface area contributed by atoms with E-state index >= 15 is 0 Å². The number of amides is 3. The van der Waals surface area contributed by atoms with E-state index in [-0.39, 0.29) is 17.9 Å². The number of nitrogens with zero attached hydrogens (tertiary/aromatic N) is 2. The molecule has 1 aromatic heterocycles. The molecule has 1 aliphatic rings. The van der Waals surface area contributed by atoms with Crippen LogP contribution in [-0.4, -0.2) is 23.1 Å². The third-order valence-electron chi connectivity index (χ3n) is 3.89. The van der Waals surface area contributed by atoms with Gasteiger partial charge in [-0.3, -0.25) is 14.7 Å². The number of benzene rings is 1. The van der Waals surface area contributed by atoms with Gasteiger partial charge in [0, 0.05) is 34.7 Å². The summed E-state index contributed by atoms with van der Waals surface area (Å²) in [6.45, 7) is 1.85. The summed E-state index contributed by atoms with van der Waals surface area (Å²) in [7, 11) is 0. The Morgan fingerprint density at radius 2 is 1.88 bits per heavy atom. The highest BCUT2D eigenvalue weighted by atomic mass is 35.5. The van der Waals surface area contributed by atoms with Crippen LogP contribution in [0.15, 0.2) is 48.8 Å². The minimum absolute atomic E-state index is 0.0217. The average Bonchev–Trinajstić information content (AvgIpc) is 2.83. The van der Waals surface area contributed by atoms with Crippen LogP contribution in [-0.2, 0) is 4.79 Å². The number of hydrogen-bond acceptors (Lipinski definition) is 3. The van der Waals surface area contributed by atoms with E-state index in [4.69, 9.17) is 11.6 Å². The van der Waals surface area contributed by atoms with E-state index in [1.165, 1.54) is 0 Å². The molecule has 3 rings (SSSR count). The van der Waals surface area contributed by atoms with Gasteiger partial charge in [0.2, 0.25) is 5.91 Å². The number of nitrogens with one attached hydrogen (secondary N) is 2. The van der Waals surface area contributed by atoms with Gasteiger partial charge in [-0.15, -0.1) is 0 Å². The van der Waals surface area contributed by atoms with Crippen LogP contribution in [0.1, 0.15) is 13.3 Å². The van der Waals surface area contributed by atoms with Gasteiger partial charge < -0.3 is 10.6 Å². The number of pyridine rings is 1. The number of halogens is 1. The molecule has 6 nitrogen and oxygen atoms in total. The van der Waals surface area contributed by atoms with Gasteiger partial charge in [-0.25, -0.2) is 4.79 Å². The maximum atomic E-state index is 12.5. The molecular formula is C17H17ClN4O2. The van der Waals surface area contributed by atoms with E-state index in [9.17, 15) is 9.59 Å². The predicted molar refractivity (Wildman–Crippen MR) is 92.9 cm³/mol. The minimum Gasteiger partial charge on any atom is -0.317 e. The smallest absolute Gasteiger partial charge is 0.317 e. The van der Waals surface area contributed by atoms with Crippen LogP contribution in [0.3, 0.4) is 0 Å². The molecule has 124 valence electrons. The standard InChI is InChI=1S/C17H17ClN4O2/c1-11-10-15(21-17(24)20-13-6-8-19-9-7-13)22(16(11)23)14-4-2-12(18)3-5-14/h2-9,11,15H,10H2,1H3,(H2,19,20,21,24). The molecule has 1 fully saturated rings. The highest BCUT2D eigenvalue weighted by Gasteiger charge is 2.38. The second-order valence-corrected chi connectivity index (χ2v) is 6.11. The molecule has 0 aliphatic carbocycles. The number of rotatable bonds is 3. The maximum Gasteiger partial charge on any atom is 0.320 e. The Hall–Kier alpha value is -2.60. The van der Waals surface area contributed by atoms with Crippen LogP contribution in [0.4, 0.5) is 16.2 Å². The molecule has 2 aromatic rings. The van der Waals surface area contributed by atoms with Crippen LogP contribution in [0.5, 0.6) is 0 Å². The Labute approximate surface area is 144 Å². The molecule has 2 unspecified atom stereocenters. The molecule has 0 radical (unpaired) electrons. The molecule has 3 amide bonds. The quantitative estimate of drug-likeness (QED) is 0.897. The largest absolute Gasteiger partial charge is 0.320 e. The van der Waals surface area contributed by atoms with Crippen molar-refractivity contribution in [2.45, 2.75) is 19.5 Å². The molecule has 0 saturated carbocycles. The summed E-state index contributed by atoms with van der Waals surface area (Å²) < 4.78 is 0. The molecule has 2 atom stereocenters. The third-order valence-corrected chi connectivity index (χ3v) is 4.14. The van der Waals surface area contributed by atoms with Crippen LogP contribution in [0.25, 0.3) is 0 Å². The van der Waals surface area contributed by atoms with Crippen LogP contribution >= 0.6 is 11.6 Å². The molecule has 0 spiro atoms. The number of carbonyl (C=O) groups is 2. The summed E-state index contributed by atoms with van der Waals surface area (Å²) in [6.07, 6.45) is 3.33. The number of hydrogen-bond donors (Lipinski definition) is 2. The van der Waals surface area contributed by atoms with Crippen molar-refractivity contribution >= 4 is 34.9 Å². The van der Waals surface area contributed by atoms with E-state index in [2.05, 4.69) is 15.6 Å². The van der Waals surface area contributed by atoms with Crippen molar-refractivity contribution < 1.29 is 9.59 Å². The first-order chi connectivity index (χ1) is 11.5. The van der Waals surface area contributed by atoms with Gasteiger partial charge in [-0.2, -0.15) is 0 Å². The lowest BCUT2D eigenvalue weighted by atomic mass is 10.1. The fourth-order valence-electron chi connectivity index (χ4n) is 2.72. The first-order valence-corrected chi connectivity index (χ1v) is 7.98. The fraction of sp³-hybridized carbons (Fsp3) is 0.235. The van der Waals surface area contributed by atoms with Crippen molar-refractivity contribution in [2.24, 2.45) is 5.92 Å². The van der Waals surface area contributed by atoms with Crippen molar-refractivity contribution in [3.05, 3.63) is 53.8 Å². The summed E-state index contributed by atoms with van der Waals surface area (Å²) >= 11 is 5.91. The van der Waals surface area contributed by atoms with Gasteiger partial charge in [0.15, 0.2) is 0 Å². The maximum absolute atomic E-state index is 12.5. The van der Waals surface area contributed by atoms with Crippen molar-refractivity contribution in [2.75, 3.05) is 10.2 Å². The SMILES string of the molecule is CC1CC(NC(=O)Nc2ccncc2)N(c2ccc(Cl)cc2)C1=O. The van der Waals surface area contributed by atoms with Gasteiger partial charge in [-0.1, -0.05) is 18.5 Å². The van der Waals surface area contributed by atoms with Crippen molar-refractivity contribution in [3.63, 3.8) is 0 Å². The Balaban J connectivity index is 1.74. The van der Waals surface area contributed by atoms with Crippen molar-refractivity contribution in [1.82, 2.24) is 10.3 Å². The minimum atomic E-state index is -0.407. The lowest BCUT2D eigenvalue weighted by Crippen LogP contribution is -2.47. The normalized spacial score (nSPS) is 20.1. The van der Waals surface area contributed by atoms with Gasteiger partial charge in [0.25, 0.3) is 0 Å². The summed E-state index contributed by atoms with van der Waals surface area (Å²) in [5.74, 6) is -0.182. The van der Waals surface area contributed by atoms with Crippen LogP contribution < -0.4 is 15.5 Å². The van der Waals surface area contributed by atoms with E-state index in [1.54, 1.807) is 53.7 Å². The topological polar surface area (TPSA) is 74.3 Å². The molecule has 7 heteroatoms. The van der Waals surface area contributed by atoms with E-state index < -0.39 is 6.17 Å². The summed E-state index contributed by atoms with van der Waals surface area (Å²) in [5, 5.41) is 6.18. The average molecular weight is 345 g/mol. The summed E-state index contributed by atoms with van der Waals surface area (Å²) in [5.41, 5.74) is 1.35. The first-order valence-electron chi connectivity index (χ1n) is 7.61. The lowest BCUT2D eigenvalue weighted by Gasteiger charge is -2.25. The number of carbonyl (C=O) groups excluding carboxylic acids is 2. The monoisotopic (exact) mass is 344 g/mol. The third kappa shape index (κ3) is 3.49. The van der Waals surface area contributed by atoms with E-state index in [0.717, 1.165) is 0 Å². The first kappa shape index (κ1) is 16.3. The van der Waals surface area contributed by atoms with E-state index in [0.29, 0.717) is 22.8 Å². The molecule has 1 saturated heterocycles. The molecule has 0 bridgehead atoms. The Kier molecular flexibility index (Phi) is 4.66. The highest BCUT2D eigenvalue weighted by Crippen LogP contribution is 2.29. The lowest BCUT2D eigenvalue weighted by molar-refractivity contribution is -0.120. The predicted octanol–water partition coefficient (Wildman–Crippen LogP) is 3.26. The highest BCUT2D eigenvalue weighted by molar-refractivity contribution is 6.30.